The number of pyridine rings is 2. The molecule has 5 aromatic rings. The van der Waals surface area contributed by atoms with E-state index in [4.69, 9.17) is 4.42 Å². The molecule has 4 aromatic heterocycles. The predicted molar refractivity (Wildman–Crippen MR) is 122 cm³/mol. The molecule has 166 valence electrons. The monoisotopic (exact) mass is 441 g/mol. The summed E-state index contributed by atoms with van der Waals surface area (Å²) in [5.41, 5.74) is 3.54. The molecule has 0 unspecified atom stereocenters. The number of nitrogens with one attached hydrogen (secondary N) is 1. The molecule has 0 fully saturated rings. The number of aryl methyl sites for hydroxylation is 1. The third-order valence-corrected chi connectivity index (χ3v) is 5.54. The summed E-state index contributed by atoms with van der Waals surface area (Å²) in [4.78, 5) is 22.3. The molecule has 0 aliphatic rings. The number of rotatable bonds is 8. The van der Waals surface area contributed by atoms with Gasteiger partial charge in [0.25, 0.3) is 5.56 Å². The average Bonchev–Trinajstić information content (AvgIpc) is 3.48. The van der Waals surface area contributed by atoms with Crippen molar-refractivity contribution in [2.75, 3.05) is 0 Å². The molecule has 1 aromatic carbocycles. The quantitative estimate of drug-likeness (QED) is 0.394. The maximum Gasteiger partial charge on any atom is 0.252 e. The highest BCUT2D eigenvalue weighted by atomic mass is 16.3. The molecule has 33 heavy (non-hydrogen) atoms. The van der Waals surface area contributed by atoms with Gasteiger partial charge >= 0.3 is 0 Å². The van der Waals surface area contributed by atoms with Gasteiger partial charge in [0, 0.05) is 31.0 Å². The largest absolute Gasteiger partial charge is 0.467 e. The van der Waals surface area contributed by atoms with E-state index in [1.807, 2.05) is 61.7 Å². The van der Waals surface area contributed by atoms with Crippen molar-refractivity contribution in [2.24, 2.45) is 0 Å². The number of aromatic amines is 1. The number of nitrogens with zero attached hydrogens (tertiary/aromatic N) is 6. The number of fused-ring (bicyclic) bond motifs is 1. The number of hydrogen-bond acceptors (Lipinski definition) is 7. The fourth-order valence-electron chi connectivity index (χ4n) is 3.91. The molecule has 9 heteroatoms. The number of H-pyrrole nitrogens is 1. The first-order valence-electron chi connectivity index (χ1n) is 10.7. The standard InChI is InChI=1S/C24H23N7O2/c1-17-5-2-7-19-11-20(24(32)26-23(17)19)14-30(13-18-6-3-9-25-12-18)16-22-27-28-29-31(22)15-21-8-4-10-33-21/h2-12H,13-16H2,1H3,(H,26,32). The van der Waals surface area contributed by atoms with Gasteiger partial charge in [-0.15, -0.1) is 5.10 Å². The van der Waals surface area contributed by atoms with Crippen molar-refractivity contribution in [3.05, 3.63) is 106 Å². The van der Waals surface area contributed by atoms with Gasteiger partial charge in [-0.1, -0.05) is 24.3 Å². The summed E-state index contributed by atoms with van der Waals surface area (Å²) in [6, 6.07) is 15.6. The van der Waals surface area contributed by atoms with Crippen LogP contribution in [0.4, 0.5) is 0 Å². The van der Waals surface area contributed by atoms with Crippen LogP contribution in [0.2, 0.25) is 0 Å². The Morgan fingerprint density at radius 3 is 2.85 bits per heavy atom. The normalized spacial score (nSPS) is 11.5. The Kier molecular flexibility index (Phi) is 5.77. The minimum Gasteiger partial charge on any atom is -0.467 e. The zero-order valence-electron chi connectivity index (χ0n) is 18.2. The van der Waals surface area contributed by atoms with Crippen molar-refractivity contribution >= 4 is 10.9 Å². The van der Waals surface area contributed by atoms with E-state index >= 15 is 0 Å². The number of aromatic nitrogens is 6. The summed E-state index contributed by atoms with van der Waals surface area (Å²) in [6.45, 7) is 3.90. The number of tetrazole rings is 1. The van der Waals surface area contributed by atoms with Gasteiger partial charge in [-0.25, -0.2) is 4.68 Å². The molecule has 0 saturated heterocycles. The third kappa shape index (κ3) is 4.73. The Morgan fingerprint density at radius 2 is 2.03 bits per heavy atom. The lowest BCUT2D eigenvalue weighted by atomic mass is 10.1. The fourth-order valence-corrected chi connectivity index (χ4v) is 3.91. The molecule has 0 atom stereocenters. The van der Waals surface area contributed by atoms with E-state index in [9.17, 15) is 4.79 Å². The van der Waals surface area contributed by atoms with Crippen molar-refractivity contribution in [2.45, 2.75) is 33.1 Å². The van der Waals surface area contributed by atoms with Crippen LogP contribution in [0.25, 0.3) is 10.9 Å². The first-order valence-corrected chi connectivity index (χ1v) is 10.7. The molecule has 0 aliphatic heterocycles. The Balaban J connectivity index is 1.45. The summed E-state index contributed by atoms with van der Waals surface area (Å²) < 4.78 is 7.15. The second kappa shape index (κ2) is 9.17. The van der Waals surface area contributed by atoms with Crippen molar-refractivity contribution in [3.8, 4) is 0 Å². The van der Waals surface area contributed by atoms with E-state index in [1.165, 1.54) is 0 Å². The summed E-state index contributed by atoms with van der Waals surface area (Å²) in [6.07, 6.45) is 5.20. The zero-order chi connectivity index (χ0) is 22.6. The molecule has 4 heterocycles. The first-order chi connectivity index (χ1) is 16.2. The molecule has 9 nitrogen and oxygen atoms in total. The summed E-state index contributed by atoms with van der Waals surface area (Å²) in [7, 11) is 0. The van der Waals surface area contributed by atoms with Crippen LogP contribution in [0, 0.1) is 6.92 Å². The number of hydrogen-bond donors (Lipinski definition) is 1. The summed E-state index contributed by atoms with van der Waals surface area (Å²) in [5, 5.41) is 13.2. The molecule has 0 bridgehead atoms. The molecular formula is C24H23N7O2. The van der Waals surface area contributed by atoms with Gasteiger partial charge in [0.1, 0.15) is 12.3 Å². The van der Waals surface area contributed by atoms with Crippen LogP contribution in [0.1, 0.15) is 28.3 Å². The van der Waals surface area contributed by atoms with Gasteiger partial charge in [-0.05, 0) is 58.1 Å². The molecule has 0 spiro atoms. The van der Waals surface area contributed by atoms with Crippen LogP contribution in [0.5, 0.6) is 0 Å². The smallest absolute Gasteiger partial charge is 0.252 e. The lowest BCUT2D eigenvalue weighted by Crippen LogP contribution is -2.28. The molecule has 5 rings (SSSR count). The van der Waals surface area contributed by atoms with Gasteiger partial charge in [0.2, 0.25) is 0 Å². The van der Waals surface area contributed by atoms with Gasteiger partial charge in [-0.3, -0.25) is 14.7 Å². The molecule has 0 amide bonds. The first kappa shape index (κ1) is 20.8. The summed E-state index contributed by atoms with van der Waals surface area (Å²) >= 11 is 0. The Morgan fingerprint density at radius 1 is 1.09 bits per heavy atom. The van der Waals surface area contributed by atoms with Crippen LogP contribution >= 0.6 is 0 Å². The third-order valence-electron chi connectivity index (χ3n) is 5.54. The highest BCUT2D eigenvalue weighted by Gasteiger charge is 2.17. The van der Waals surface area contributed by atoms with Gasteiger partial charge in [0.05, 0.1) is 18.3 Å². The highest BCUT2D eigenvalue weighted by molar-refractivity contribution is 5.81. The van der Waals surface area contributed by atoms with Gasteiger partial charge < -0.3 is 9.40 Å². The van der Waals surface area contributed by atoms with E-state index in [2.05, 4.69) is 30.4 Å². The number of furan rings is 1. The van der Waals surface area contributed by atoms with E-state index in [1.54, 1.807) is 17.1 Å². The van der Waals surface area contributed by atoms with Crippen LogP contribution < -0.4 is 5.56 Å². The Bertz CT molecular complexity index is 1410. The minimum atomic E-state index is -0.0943. The highest BCUT2D eigenvalue weighted by Crippen LogP contribution is 2.17. The van der Waals surface area contributed by atoms with Gasteiger partial charge in [0.15, 0.2) is 5.82 Å². The molecule has 1 N–H and O–H groups in total. The number of benzene rings is 1. The maximum absolute atomic E-state index is 12.9. The van der Waals surface area contributed by atoms with Crippen LogP contribution in [0.3, 0.4) is 0 Å². The predicted octanol–water partition coefficient (Wildman–Crippen LogP) is 3.06. The van der Waals surface area contributed by atoms with Crippen molar-refractivity contribution in [1.29, 1.82) is 0 Å². The molecular weight excluding hydrogens is 418 g/mol. The topological polar surface area (TPSA) is 106 Å². The van der Waals surface area contributed by atoms with E-state index in [0.29, 0.717) is 37.6 Å². The number of para-hydroxylation sites is 1. The van der Waals surface area contributed by atoms with E-state index < -0.39 is 0 Å². The Labute approximate surface area is 189 Å². The van der Waals surface area contributed by atoms with Gasteiger partial charge in [-0.2, -0.15) is 0 Å². The van der Waals surface area contributed by atoms with Crippen LogP contribution in [-0.4, -0.2) is 35.1 Å². The zero-order valence-corrected chi connectivity index (χ0v) is 18.2. The van der Waals surface area contributed by atoms with Crippen LogP contribution in [0.15, 0.2) is 76.4 Å². The van der Waals surface area contributed by atoms with Crippen molar-refractivity contribution in [3.63, 3.8) is 0 Å². The lowest BCUT2D eigenvalue weighted by Gasteiger charge is -2.21. The lowest BCUT2D eigenvalue weighted by molar-refractivity contribution is 0.235. The SMILES string of the molecule is Cc1cccc2cc(CN(Cc3cccnc3)Cc3nnnn3Cc3ccco3)c(=O)[nH]c12. The molecule has 0 radical (unpaired) electrons. The minimum absolute atomic E-state index is 0.0943. The second-order valence-electron chi connectivity index (χ2n) is 8.00. The Hall–Kier alpha value is -4.11. The second-order valence-corrected chi connectivity index (χ2v) is 8.00. The molecule has 0 saturated carbocycles. The fraction of sp³-hybridized carbons (Fsp3) is 0.208. The maximum atomic E-state index is 12.9. The van der Waals surface area contributed by atoms with E-state index in [0.717, 1.165) is 27.8 Å². The van der Waals surface area contributed by atoms with Crippen LogP contribution in [-0.2, 0) is 26.2 Å². The molecule has 0 aliphatic carbocycles. The summed E-state index contributed by atoms with van der Waals surface area (Å²) in [5.74, 6) is 1.45. The van der Waals surface area contributed by atoms with E-state index in [-0.39, 0.29) is 5.56 Å². The average molecular weight is 441 g/mol. The van der Waals surface area contributed by atoms with Crippen molar-refractivity contribution in [1.82, 2.24) is 35.1 Å². The van der Waals surface area contributed by atoms with Crippen molar-refractivity contribution < 1.29 is 4.42 Å².